The Morgan fingerprint density at radius 3 is 2.65 bits per heavy atom. The standard InChI is InChI=1S/C18H26FNO3/c19-16-5-3-15(4-6-16)18(7-11-21-12-8-18)20-9-13-22-14-17-2-1-10-23-17/h3-6,17,20H,1-2,7-14H2. The van der Waals surface area contributed by atoms with Crippen LogP contribution in [0, 0.1) is 5.82 Å². The summed E-state index contributed by atoms with van der Waals surface area (Å²) in [6.45, 7) is 4.41. The Kier molecular flexibility index (Phi) is 6.00. The van der Waals surface area contributed by atoms with E-state index in [0.717, 1.165) is 57.6 Å². The molecule has 2 fully saturated rings. The third kappa shape index (κ3) is 4.51. The molecule has 128 valence electrons. The molecule has 2 heterocycles. The smallest absolute Gasteiger partial charge is 0.123 e. The number of hydrogen-bond acceptors (Lipinski definition) is 4. The highest BCUT2D eigenvalue weighted by atomic mass is 19.1. The van der Waals surface area contributed by atoms with Crippen LogP contribution in [0.15, 0.2) is 24.3 Å². The zero-order chi connectivity index (χ0) is 16.0. The van der Waals surface area contributed by atoms with Crippen molar-refractivity contribution in [1.29, 1.82) is 0 Å². The Labute approximate surface area is 137 Å². The molecule has 1 atom stereocenters. The highest BCUT2D eigenvalue weighted by Crippen LogP contribution is 2.32. The average molecular weight is 323 g/mol. The zero-order valence-corrected chi connectivity index (χ0v) is 13.6. The first-order chi connectivity index (χ1) is 11.3. The molecule has 1 N–H and O–H groups in total. The molecule has 1 aromatic carbocycles. The molecule has 3 rings (SSSR count). The fourth-order valence-electron chi connectivity index (χ4n) is 3.41. The van der Waals surface area contributed by atoms with Crippen molar-refractivity contribution < 1.29 is 18.6 Å². The van der Waals surface area contributed by atoms with Gasteiger partial charge in [0.1, 0.15) is 5.82 Å². The lowest BCUT2D eigenvalue weighted by molar-refractivity contribution is 0.00881. The van der Waals surface area contributed by atoms with Gasteiger partial charge in [-0.05, 0) is 43.4 Å². The Balaban J connectivity index is 1.51. The normalized spacial score (nSPS) is 24.0. The van der Waals surface area contributed by atoms with Gasteiger partial charge in [0, 0.05) is 31.9 Å². The number of ether oxygens (including phenoxy) is 3. The van der Waals surface area contributed by atoms with Crippen LogP contribution < -0.4 is 5.32 Å². The third-order valence-corrected chi connectivity index (χ3v) is 4.78. The van der Waals surface area contributed by atoms with E-state index in [1.165, 1.54) is 12.1 Å². The molecule has 2 aliphatic heterocycles. The van der Waals surface area contributed by atoms with E-state index in [0.29, 0.717) is 13.2 Å². The predicted molar refractivity (Wildman–Crippen MR) is 85.9 cm³/mol. The lowest BCUT2D eigenvalue weighted by atomic mass is 9.82. The van der Waals surface area contributed by atoms with Crippen molar-refractivity contribution in [3.63, 3.8) is 0 Å². The van der Waals surface area contributed by atoms with Gasteiger partial charge in [-0.15, -0.1) is 0 Å². The fourth-order valence-corrected chi connectivity index (χ4v) is 3.41. The molecular weight excluding hydrogens is 297 g/mol. The molecule has 0 aromatic heterocycles. The number of halogens is 1. The quantitative estimate of drug-likeness (QED) is 0.783. The number of hydrogen-bond donors (Lipinski definition) is 1. The van der Waals surface area contributed by atoms with E-state index in [9.17, 15) is 4.39 Å². The van der Waals surface area contributed by atoms with Gasteiger partial charge in [-0.3, -0.25) is 0 Å². The molecule has 4 nitrogen and oxygen atoms in total. The van der Waals surface area contributed by atoms with Crippen LogP contribution in [-0.2, 0) is 19.7 Å². The summed E-state index contributed by atoms with van der Waals surface area (Å²) in [6, 6.07) is 6.81. The van der Waals surface area contributed by atoms with Gasteiger partial charge in [-0.25, -0.2) is 4.39 Å². The maximum absolute atomic E-state index is 13.2. The van der Waals surface area contributed by atoms with Gasteiger partial charge < -0.3 is 19.5 Å². The molecule has 5 heteroatoms. The first-order valence-corrected chi connectivity index (χ1v) is 8.57. The topological polar surface area (TPSA) is 39.7 Å². The monoisotopic (exact) mass is 323 g/mol. The van der Waals surface area contributed by atoms with Crippen molar-refractivity contribution in [1.82, 2.24) is 5.32 Å². The van der Waals surface area contributed by atoms with E-state index in [-0.39, 0.29) is 17.5 Å². The van der Waals surface area contributed by atoms with E-state index < -0.39 is 0 Å². The highest BCUT2D eigenvalue weighted by Gasteiger charge is 2.33. The SMILES string of the molecule is Fc1ccc(C2(NCCOCC3CCCO3)CCOCC2)cc1. The maximum Gasteiger partial charge on any atom is 0.123 e. The average Bonchev–Trinajstić information content (AvgIpc) is 3.09. The molecule has 0 aliphatic carbocycles. The fraction of sp³-hybridized carbons (Fsp3) is 0.667. The molecular formula is C18H26FNO3. The minimum Gasteiger partial charge on any atom is -0.381 e. The summed E-state index contributed by atoms with van der Waals surface area (Å²) in [5.74, 6) is -0.198. The Morgan fingerprint density at radius 1 is 1.17 bits per heavy atom. The summed E-state index contributed by atoms with van der Waals surface area (Å²) in [5.41, 5.74) is 0.987. The summed E-state index contributed by atoms with van der Waals surface area (Å²) in [5, 5.41) is 3.63. The van der Waals surface area contributed by atoms with Gasteiger partial charge in [-0.1, -0.05) is 12.1 Å². The summed E-state index contributed by atoms with van der Waals surface area (Å²) in [7, 11) is 0. The number of rotatable bonds is 7. The second kappa shape index (κ2) is 8.20. The van der Waals surface area contributed by atoms with Crippen molar-refractivity contribution in [2.24, 2.45) is 0 Å². The van der Waals surface area contributed by atoms with Crippen molar-refractivity contribution in [2.45, 2.75) is 37.3 Å². The van der Waals surface area contributed by atoms with Crippen LogP contribution in [0.5, 0.6) is 0 Å². The third-order valence-electron chi connectivity index (χ3n) is 4.78. The van der Waals surface area contributed by atoms with Crippen LogP contribution in [-0.4, -0.2) is 45.7 Å². The molecule has 23 heavy (non-hydrogen) atoms. The van der Waals surface area contributed by atoms with Gasteiger partial charge in [0.05, 0.1) is 19.3 Å². The number of benzene rings is 1. The first-order valence-electron chi connectivity index (χ1n) is 8.57. The van der Waals surface area contributed by atoms with E-state index in [2.05, 4.69) is 5.32 Å². The minimum absolute atomic E-state index is 0.140. The van der Waals surface area contributed by atoms with Crippen molar-refractivity contribution in [3.05, 3.63) is 35.6 Å². The molecule has 0 saturated carbocycles. The van der Waals surface area contributed by atoms with E-state index in [1.54, 1.807) is 0 Å². The molecule has 1 unspecified atom stereocenters. The van der Waals surface area contributed by atoms with Gasteiger partial charge in [-0.2, -0.15) is 0 Å². The van der Waals surface area contributed by atoms with Gasteiger partial charge in [0.2, 0.25) is 0 Å². The molecule has 2 saturated heterocycles. The van der Waals surface area contributed by atoms with Crippen LogP contribution in [0.2, 0.25) is 0 Å². The lowest BCUT2D eigenvalue weighted by Gasteiger charge is -2.39. The van der Waals surface area contributed by atoms with Gasteiger partial charge in [0.15, 0.2) is 0 Å². The van der Waals surface area contributed by atoms with Crippen LogP contribution in [0.4, 0.5) is 4.39 Å². The molecule has 2 aliphatic rings. The molecule has 0 spiro atoms. The maximum atomic E-state index is 13.2. The minimum atomic E-state index is -0.198. The lowest BCUT2D eigenvalue weighted by Crippen LogP contribution is -2.48. The molecule has 0 amide bonds. The second-order valence-electron chi connectivity index (χ2n) is 6.34. The van der Waals surface area contributed by atoms with Crippen molar-refractivity contribution in [3.8, 4) is 0 Å². The largest absolute Gasteiger partial charge is 0.381 e. The van der Waals surface area contributed by atoms with Crippen LogP contribution >= 0.6 is 0 Å². The zero-order valence-electron chi connectivity index (χ0n) is 13.6. The second-order valence-corrected chi connectivity index (χ2v) is 6.34. The van der Waals surface area contributed by atoms with Gasteiger partial charge in [0.25, 0.3) is 0 Å². The summed E-state index contributed by atoms with van der Waals surface area (Å²) >= 11 is 0. The van der Waals surface area contributed by atoms with Crippen LogP contribution in [0.3, 0.4) is 0 Å². The Hall–Kier alpha value is -1.01. The molecule has 1 aromatic rings. The van der Waals surface area contributed by atoms with Crippen LogP contribution in [0.25, 0.3) is 0 Å². The van der Waals surface area contributed by atoms with E-state index in [4.69, 9.17) is 14.2 Å². The summed E-state index contributed by atoms with van der Waals surface area (Å²) < 4.78 is 30.0. The van der Waals surface area contributed by atoms with E-state index >= 15 is 0 Å². The first kappa shape index (κ1) is 16.8. The van der Waals surface area contributed by atoms with Crippen molar-refractivity contribution in [2.75, 3.05) is 39.6 Å². The van der Waals surface area contributed by atoms with Crippen LogP contribution in [0.1, 0.15) is 31.2 Å². The number of nitrogens with one attached hydrogen (secondary N) is 1. The molecule has 0 radical (unpaired) electrons. The highest BCUT2D eigenvalue weighted by molar-refractivity contribution is 5.25. The van der Waals surface area contributed by atoms with Gasteiger partial charge >= 0.3 is 0 Å². The Bertz CT molecular complexity index is 468. The predicted octanol–water partition coefficient (Wildman–Crippen LogP) is 2.62. The van der Waals surface area contributed by atoms with Crippen molar-refractivity contribution >= 4 is 0 Å². The Morgan fingerprint density at radius 2 is 1.96 bits per heavy atom. The molecule has 0 bridgehead atoms. The summed E-state index contributed by atoms with van der Waals surface area (Å²) in [6.07, 6.45) is 4.29. The van der Waals surface area contributed by atoms with E-state index in [1.807, 2.05) is 12.1 Å². The summed E-state index contributed by atoms with van der Waals surface area (Å²) in [4.78, 5) is 0.